The predicted molar refractivity (Wildman–Crippen MR) is 80.6 cm³/mol. The first kappa shape index (κ1) is 15.8. The van der Waals surface area contributed by atoms with E-state index >= 15 is 0 Å². The number of carbonyl (C=O) groups excluding carboxylic acids is 1. The first-order valence-corrected chi connectivity index (χ1v) is 8.02. The van der Waals surface area contributed by atoms with Crippen LogP contribution in [0.2, 0.25) is 0 Å². The molecule has 20 heavy (non-hydrogen) atoms. The maximum atomic E-state index is 12.4. The summed E-state index contributed by atoms with van der Waals surface area (Å²) in [5, 5.41) is 3.57. The van der Waals surface area contributed by atoms with Gasteiger partial charge in [-0.15, -0.1) is 0 Å². The third-order valence-corrected chi connectivity index (χ3v) is 4.85. The van der Waals surface area contributed by atoms with Crippen LogP contribution in [0.1, 0.15) is 47.0 Å². The second kappa shape index (κ2) is 6.44. The van der Waals surface area contributed by atoms with Crippen molar-refractivity contribution in [2.45, 2.75) is 59.0 Å². The lowest BCUT2D eigenvalue weighted by Crippen LogP contribution is -2.53. The monoisotopic (exact) mass is 282 g/mol. The molecule has 1 aliphatic carbocycles. The van der Waals surface area contributed by atoms with E-state index in [1.807, 2.05) is 11.8 Å². The Balaban J connectivity index is 1.84. The van der Waals surface area contributed by atoms with Gasteiger partial charge in [0.1, 0.15) is 0 Å². The summed E-state index contributed by atoms with van der Waals surface area (Å²) in [6.45, 7) is 11.8. The maximum absolute atomic E-state index is 12.4. The number of carbonyl (C=O) groups is 1. The highest BCUT2D eigenvalue weighted by Crippen LogP contribution is 2.38. The van der Waals surface area contributed by atoms with Gasteiger partial charge < -0.3 is 15.0 Å². The van der Waals surface area contributed by atoms with Crippen LogP contribution in [0.25, 0.3) is 0 Å². The molecular weight excluding hydrogens is 252 g/mol. The molecule has 0 aromatic carbocycles. The molecule has 4 nitrogen and oxygen atoms in total. The smallest absolute Gasteiger partial charge is 0.239 e. The van der Waals surface area contributed by atoms with E-state index in [1.165, 1.54) is 19.3 Å². The number of morpholine rings is 1. The molecule has 116 valence electrons. The van der Waals surface area contributed by atoms with Crippen molar-refractivity contribution in [2.24, 2.45) is 11.3 Å². The lowest BCUT2D eigenvalue weighted by molar-refractivity contribution is -0.137. The van der Waals surface area contributed by atoms with Gasteiger partial charge in [0, 0.05) is 19.1 Å². The zero-order valence-corrected chi connectivity index (χ0v) is 13.4. The Hall–Kier alpha value is -0.610. The molecule has 1 saturated heterocycles. The molecule has 1 amide bonds. The summed E-state index contributed by atoms with van der Waals surface area (Å²) in [5.74, 6) is 0.865. The Morgan fingerprint density at radius 2 is 2.00 bits per heavy atom. The van der Waals surface area contributed by atoms with Crippen LogP contribution in [0, 0.1) is 11.3 Å². The molecule has 0 bridgehead atoms. The second-order valence-corrected chi connectivity index (χ2v) is 7.32. The van der Waals surface area contributed by atoms with Crippen LogP contribution in [0.3, 0.4) is 0 Å². The first-order chi connectivity index (χ1) is 9.39. The first-order valence-electron chi connectivity index (χ1n) is 8.02. The Bertz CT molecular complexity index is 337. The van der Waals surface area contributed by atoms with Crippen molar-refractivity contribution in [3.63, 3.8) is 0 Å². The molecule has 4 heteroatoms. The molecule has 3 atom stereocenters. The van der Waals surface area contributed by atoms with Crippen LogP contribution in [0.4, 0.5) is 0 Å². The minimum Gasteiger partial charge on any atom is -0.378 e. The predicted octanol–water partition coefficient (Wildman–Crippen LogP) is 2.04. The van der Waals surface area contributed by atoms with E-state index in [0.29, 0.717) is 30.6 Å². The van der Waals surface area contributed by atoms with Gasteiger partial charge in [0.05, 0.1) is 19.3 Å². The van der Waals surface area contributed by atoms with E-state index in [9.17, 15) is 4.79 Å². The highest BCUT2D eigenvalue weighted by atomic mass is 16.5. The van der Waals surface area contributed by atoms with Gasteiger partial charge in [-0.3, -0.25) is 4.79 Å². The van der Waals surface area contributed by atoms with Crippen molar-refractivity contribution in [3.8, 4) is 0 Å². The lowest BCUT2D eigenvalue weighted by atomic mass is 9.70. The third kappa shape index (κ3) is 3.95. The zero-order valence-electron chi connectivity index (χ0n) is 13.4. The van der Waals surface area contributed by atoms with E-state index in [1.54, 1.807) is 0 Å². The normalized spacial score (nSPS) is 31.9. The zero-order chi connectivity index (χ0) is 14.8. The van der Waals surface area contributed by atoms with Gasteiger partial charge >= 0.3 is 0 Å². The standard InChI is InChI=1S/C16H30N2O2/c1-12-11-16(3,4)6-5-14(12)17-13(2)15(19)18-7-9-20-10-8-18/h12-14,17H,5-11H2,1-4H3. The fourth-order valence-electron chi connectivity index (χ4n) is 3.64. The molecule has 2 fully saturated rings. The van der Waals surface area contributed by atoms with Gasteiger partial charge in [0.2, 0.25) is 5.91 Å². The second-order valence-electron chi connectivity index (χ2n) is 7.32. The maximum Gasteiger partial charge on any atom is 0.239 e. The van der Waals surface area contributed by atoms with Gasteiger partial charge in [-0.25, -0.2) is 0 Å². The molecule has 1 heterocycles. The minimum absolute atomic E-state index is 0.0817. The van der Waals surface area contributed by atoms with Crippen LogP contribution < -0.4 is 5.32 Å². The van der Waals surface area contributed by atoms with E-state index in [2.05, 4.69) is 26.1 Å². The van der Waals surface area contributed by atoms with E-state index in [0.717, 1.165) is 13.1 Å². The van der Waals surface area contributed by atoms with E-state index < -0.39 is 0 Å². The van der Waals surface area contributed by atoms with Gasteiger partial charge in [-0.05, 0) is 37.5 Å². The van der Waals surface area contributed by atoms with Gasteiger partial charge in [-0.2, -0.15) is 0 Å². The summed E-state index contributed by atoms with van der Waals surface area (Å²) in [6.07, 6.45) is 3.66. The molecule has 0 radical (unpaired) electrons. The SMILES string of the molecule is CC(NC1CCC(C)(C)CC1C)C(=O)N1CCOCC1. The summed E-state index contributed by atoms with van der Waals surface area (Å²) in [7, 11) is 0. The molecule has 0 aromatic rings. The van der Waals surface area contributed by atoms with Crippen LogP contribution in [0.15, 0.2) is 0 Å². The van der Waals surface area contributed by atoms with Gasteiger partial charge in [0.15, 0.2) is 0 Å². The number of ether oxygens (including phenoxy) is 1. The Kier molecular flexibility index (Phi) is 5.08. The van der Waals surface area contributed by atoms with Crippen molar-refractivity contribution < 1.29 is 9.53 Å². The Morgan fingerprint density at radius 1 is 1.35 bits per heavy atom. The molecule has 1 aliphatic heterocycles. The minimum atomic E-state index is -0.0817. The summed E-state index contributed by atoms with van der Waals surface area (Å²) in [4.78, 5) is 14.3. The van der Waals surface area contributed by atoms with Gasteiger partial charge in [0.25, 0.3) is 0 Å². The Labute approximate surface area is 123 Å². The van der Waals surface area contributed by atoms with Crippen LogP contribution in [-0.4, -0.2) is 49.2 Å². The van der Waals surface area contributed by atoms with Gasteiger partial charge in [-0.1, -0.05) is 20.8 Å². The van der Waals surface area contributed by atoms with E-state index in [-0.39, 0.29) is 11.9 Å². The van der Waals surface area contributed by atoms with Crippen molar-refractivity contribution in [2.75, 3.05) is 26.3 Å². The third-order valence-electron chi connectivity index (χ3n) is 4.85. The lowest BCUT2D eigenvalue weighted by Gasteiger charge is -2.41. The number of amides is 1. The molecule has 2 rings (SSSR count). The van der Waals surface area contributed by atoms with Crippen molar-refractivity contribution in [3.05, 3.63) is 0 Å². The summed E-state index contributed by atoms with van der Waals surface area (Å²) >= 11 is 0. The summed E-state index contributed by atoms with van der Waals surface area (Å²) < 4.78 is 5.31. The highest BCUT2D eigenvalue weighted by Gasteiger charge is 2.34. The summed E-state index contributed by atoms with van der Waals surface area (Å²) in [6, 6.07) is 0.393. The van der Waals surface area contributed by atoms with Crippen LogP contribution in [-0.2, 0) is 9.53 Å². The molecule has 1 N–H and O–H groups in total. The number of nitrogens with one attached hydrogen (secondary N) is 1. The van der Waals surface area contributed by atoms with Crippen LogP contribution >= 0.6 is 0 Å². The number of hydrogen-bond donors (Lipinski definition) is 1. The molecule has 3 unspecified atom stereocenters. The average Bonchev–Trinajstić information content (AvgIpc) is 2.41. The largest absolute Gasteiger partial charge is 0.378 e. The number of nitrogens with zero attached hydrogens (tertiary/aromatic N) is 1. The molecule has 2 aliphatic rings. The number of rotatable bonds is 3. The Morgan fingerprint density at radius 3 is 2.60 bits per heavy atom. The average molecular weight is 282 g/mol. The molecule has 0 spiro atoms. The summed E-state index contributed by atoms with van der Waals surface area (Å²) in [5.41, 5.74) is 0.453. The molecule has 1 saturated carbocycles. The quantitative estimate of drug-likeness (QED) is 0.861. The van der Waals surface area contributed by atoms with Crippen molar-refractivity contribution in [1.29, 1.82) is 0 Å². The molecule has 0 aromatic heterocycles. The highest BCUT2D eigenvalue weighted by molar-refractivity contribution is 5.81. The molecular formula is C16H30N2O2. The fraction of sp³-hybridized carbons (Fsp3) is 0.938. The van der Waals surface area contributed by atoms with Crippen molar-refractivity contribution in [1.82, 2.24) is 10.2 Å². The fourth-order valence-corrected chi connectivity index (χ4v) is 3.64. The number of hydrogen-bond acceptors (Lipinski definition) is 3. The van der Waals surface area contributed by atoms with Crippen LogP contribution in [0.5, 0.6) is 0 Å². The van der Waals surface area contributed by atoms with E-state index in [4.69, 9.17) is 4.74 Å². The topological polar surface area (TPSA) is 41.6 Å². The van der Waals surface area contributed by atoms with Crippen molar-refractivity contribution >= 4 is 5.91 Å².